The minimum Gasteiger partial charge on any atom is -0.314 e. The van der Waals surface area contributed by atoms with Gasteiger partial charge in [0.05, 0.1) is 5.52 Å². The van der Waals surface area contributed by atoms with Crippen LogP contribution in [0.15, 0.2) is 36.5 Å². The molecule has 1 saturated heterocycles. The first-order valence-corrected chi connectivity index (χ1v) is 7.11. The first kappa shape index (κ1) is 12.6. The quantitative estimate of drug-likeness (QED) is 0.911. The first-order valence-electron chi connectivity index (χ1n) is 7.11. The number of aromatic nitrogens is 1. The Kier molecular flexibility index (Phi) is 3.76. The van der Waals surface area contributed by atoms with Gasteiger partial charge in [0, 0.05) is 44.3 Å². The summed E-state index contributed by atoms with van der Waals surface area (Å²) >= 11 is 0. The van der Waals surface area contributed by atoms with E-state index in [1.807, 2.05) is 12.3 Å². The highest BCUT2D eigenvalue weighted by molar-refractivity contribution is 5.78. The van der Waals surface area contributed by atoms with E-state index in [0.717, 1.165) is 38.2 Å². The third kappa shape index (κ3) is 2.94. The van der Waals surface area contributed by atoms with E-state index in [1.54, 1.807) is 0 Å². The van der Waals surface area contributed by atoms with Gasteiger partial charge in [0.15, 0.2) is 0 Å². The predicted octanol–water partition coefficient (Wildman–Crippen LogP) is 2.24. The highest BCUT2D eigenvalue weighted by Crippen LogP contribution is 2.20. The average Bonchev–Trinajstić information content (AvgIpc) is 2.48. The van der Waals surface area contributed by atoms with E-state index in [9.17, 15) is 0 Å². The van der Waals surface area contributed by atoms with Gasteiger partial charge in [0.1, 0.15) is 0 Å². The molecule has 3 nitrogen and oxygen atoms in total. The summed E-state index contributed by atoms with van der Waals surface area (Å²) in [5.74, 6) is 0.537. The molecule has 2 aromatic rings. The van der Waals surface area contributed by atoms with Gasteiger partial charge in [0.2, 0.25) is 0 Å². The minimum absolute atomic E-state index is 0.537. The number of hydrogen-bond donors (Lipinski definition) is 1. The third-order valence-corrected chi connectivity index (χ3v) is 3.92. The van der Waals surface area contributed by atoms with Gasteiger partial charge in [-0.25, -0.2) is 0 Å². The Morgan fingerprint density at radius 3 is 2.89 bits per heavy atom. The Morgan fingerprint density at radius 1 is 1.26 bits per heavy atom. The Labute approximate surface area is 114 Å². The van der Waals surface area contributed by atoms with Gasteiger partial charge in [0.25, 0.3) is 0 Å². The summed E-state index contributed by atoms with van der Waals surface area (Å²) in [5.41, 5.74) is 2.43. The predicted molar refractivity (Wildman–Crippen MR) is 79.5 cm³/mol. The average molecular weight is 255 g/mol. The summed E-state index contributed by atoms with van der Waals surface area (Å²) < 4.78 is 0. The van der Waals surface area contributed by atoms with E-state index in [2.05, 4.69) is 46.4 Å². The highest BCUT2D eigenvalue weighted by Gasteiger charge is 2.14. The smallest absolute Gasteiger partial charge is 0.0702 e. The molecule has 1 N–H and O–H groups in total. The van der Waals surface area contributed by atoms with Crippen molar-refractivity contribution in [1.82, 2.24) is 15.2 Å². The Bertz CT molecular complexity index is 546. The van der Waals surface area contributed by atoms with E-state index >= 15 is 0 Å². The Balaban J connectivity index is 1.75. The summed E-state index contributed by atoms with van der Waals surface area (Å²) in [5, 5.41) is 4.64. The number of pyridine rings is 1. The van der Waals surface area contributed by atoms with Crippen molar-refractivity contribution in [3.05, 3.63) is 42.1 Å². The monoisotopic (exact) mass is 255 g/mol. The maximum Gasteiger partial charge on any atom is 0.0702 e. The van der Waals surface area contributed by atoms with Crippen molar-refractivity contribution in [3.8, 4) is 0 Å². The van der Waals surface area contributed by atoms with Crippen molar-refractivity contribution in [3.63, 3.8) is 0 Å². The topological polar surface area (TPSA) is 28.2 Å². The molecular weight excluding hydrogens is 234 g/mol. The molecule has 0 spiro atoms. The molecule has 1 atom stereocenters. The zero-order chi connectivity index (χ0) is 13.1. The molecule has 0 amide bonds. The van der Waals surface area contributed by atoms with Crippen LogP contribution in [0.25, 0.3) is 10.9 Å². The number of fused-ring (bicyclic) bond motifs is 1. The van der Waals surface area contributed by atoms with E-state index in [0.29, 0.717) is 5.92 Å². The second kappa shape index (κ2) is 5.68. The van der Waals surface area contributed by atoms with Crippen LogP contribution in [0, 0.1) is 0 Å². The number of nitrogens with one attached hydrogen (secondary N) is 1. The van der Waals surface area contributed by atoms with Crippen LogP contribution in [0.5, 0.6) is 0 Å². The molecule has 1 aromatic heterocycles. The number of rotatable bonds is 3. The summed E-state index contributed by atoms with van der Waals surface area (Å²) in [6.45, 7) is 7.97. The van der Waals surface area contributed by atoms with Gasteiger partial charge < -0.3 is 10.2 Å². The fourth-order valence-electron chi connectivity index (χ4n) is 2.74. The maximum atomic E-state index is 4.56. The molecule has 0 radical (unpaired) electrons. The molecular formula is C16H21N3. The fourth-order valence-corrected chi connectivity index (χ4v) is 2.74. The summed E-state index contributed by atoms with van der Waals surface area (Å²) in [4.78, 5) is 7.10. The lowest BCUT2D eigenvalue weighted by molar-refractivity contribution is 0.230. The van der Waals surface area contributed by atoms with Gasteiger partial charge in [-0.15, -0.1) is 0 Å². The summed E-state index contributed by atoms with van der Waals surface area (Å²) in [6.07, 6.45) is 2.04. The summed E-state index contributed by atoms with van der Waals surface area (Å²) in [6, 6.07) is 10.6. The van der Waals surface area contributed by atoms with Crippen LogP contribution in [0.2, 0.25) is 0 Å². The molecule has 3 rings (SSSR count). The van der Waals surface area contributed by atoms with Crippen LogP contribution >= 0.6 is 0 Å². The van der Waals surface area contributed by atoms with Crippen LogP contribution in [-0.2, 0) is 0 Å². The first-order chi connectivity index (χ1) is 9.33. The second-order valence-electron chi connectivity index (χ2n) is 5.41. The minimum atomic E-state index is 0.537. The SMILES string of the molecule is CC(CN1CCNCC1)c1cnc2ccccc2c1. The van der Waals surface area contributed by atoms with Crippen molar-refractivity contribution < 1.29 is 0 Å². The lowest BCUT2D eigenvalue weighted by Crippen LogP contribution is -2.44. The van der Waals surface area contributed by atoms with Crippen LogP contribution in [0.3, 0.4) is 0 Å². The standard InChI is InChI=1S/C16H21N3/c1-13(12-19-8-6-17-7-9-19)15-10-14-4-2-3-5-16(14)18-11-15/h2-5,10-11,13,17H,6-9,12H2,1H3. The zero-order valence-corrected chi connectivity index (χ0v) is 11.5. The van der Waals surface area contributed by atoms with Gasteiger partial charge in [-0.2, -0.15) is 0 Å². The molecule has 1 aliphatic rings. The van der Waals surface area contributed by atoms with Crippen molar-refractivity contribution >= 4 is 10.9 Å². The van der Waals surface area contributed by atoms with Crippen LogP contribution in [0.1, 0.15) is 18.4 Å². The van der Waals surface area contributed by atoms with Crippen molar-refractivity contribution in [2.45, 2.75) is 12.8 Å². The number of hydrogen-bond acceptors (Lipinski definition) is 3. The number of benzene rings is 1. The van der Waals surface area contributed by atoms with Crippen LogP contribution < -0.4 is 5.32 Å². The molecule has 1 aromatic carbocycles. The van der Waals surface area contributed by atoms with Gasteiger partial charge in [-0.05, 0) is 23.6 Å². The number of piperazine rings is 1. The molecule has 1 aliphatic heterocycles. The molecule has 1 fully saturated rings. The van der Waals surface area contributed by atoms with Crippen LogP contribution in [0.4, 0.5) is 0 Å². The lowest BCUT2D eigenvalue weighted by Gasteiger charge is -2.29. The molecule has 3 heteroatoms. The fraction of sp³-hybridized carbons (Fsp3) is 0.438. The van der Waals surface area contributed by atoms with Gasteiger partial charge >= 0.3 is 0 Å². The lowest BCUT2D eigenvalue weighted by atomic mass is 10.0. The molecule has 19 heavy (non-hydrogen) atoms. The normalized spacial score (nSPS) is 18.6. The zero-order valence-electron chi connectivity index (χ0n) is 11.5. The third-order valence-electron chi connectivity index (χ3n) is 3.92. The van der Waals surface area contributed by atoms with E-state index in [4.69, 9.17) is 0 Å². The second-order valence-corrected chi connectivity index (χ2v) is 5.41. The van der Waals surface area contributed by atoms with Gasteiger partial charge in [-0.3, -0.25) is 4.98 Å². The van der Waals surface area contributed by atoms with Crippen molar-refractivity contribution in [2.75, 3.05) is 32.7 Å². The van der Waals surface area contributed by atoms with Crippen molar-refractivity contribution in [2.24, 2.45) is 0 Å². The number of nitrogens with zero attached hydrogens (tertiary/aromatic N) is 2. The van der Waals surface area contributed by atoms with Crippen LogP contribution in [-0.4, -0.2) is 42.6 Å². The maximum absolute atomic E-state index is 4.56. The summed E-state index contributed by atoms with van der Waals surface area (Å²) in [7, 11) is 0. The molecule has 0 saturated carbocycles. The highest BCUT2D eigenvalue weighted by atomic mass is 15.2. The Morgan fingerprint density at radius 2 is 2.05 bits per heavy atom. The van der Waals surface area contributed by atoms with E-state index < -0.39 is 0 Å². The molecule has 2 heterocycles. The van der Waals surface area contributed by atoms with E-state index in [-0.39, 0.29) is 0 Å². The molecule has 1 unspecified atom stereocenters. The molecule has 0 aliphatic carbocycles. The van der Waals surface area contributed by atoms with E-state index in [1.165, 1.54) is 10.9 Å². The largest absolute Gasteiger partial charge is 0.314 e. The molecule has 100 valence electrons. The van der Waals surface area contributed by atoms with Gasteiger partial charge in [-0.1, -0.05) is 25.1 Å². The Hall–Kier alpha value is -1.45. The number of para-hydroxylation sites is 1. The molecule has 0 bridgehead atoms. The van der Waals surface area contributed by atoms with Crippen molar-refractivity contribution in [1.29, 1.82) is 0 Å².